The number of nitrogens with zero attached hydrogens (tertiary/aromatic N) is 1. The number of ether oxygens (including phenoxy) is 1. The molecule has 1 aliphatic heterocycles. The molecule has 0 bridgehead atoms. The number of morpholine rings is 1. The fourth-order valence-electron chi connectivity index (χ4n) is 1.87. The summed E-state index contributed by atoms with van der Waals surface area (Å²) >= 11 is 0. The van der Waals surface area contributed by atoms with E-state index in [4.69, 9.17) is 10.5 Å². The van der Waals surface area contributed by atoms with Crippen LogP contribution in [0, 0.1) is 0 Å². The average Bonchev–Trinajstić information content (AvgIpc) is 2.39. The van der Waals surface area contributed by atoms with Gasteiger partial charge < -0.3 is 15.4 Å². The smallest absolute Gasteiger partial charge is 0.257 e. The maximum Gasteiger partial charge on any atom is 0.257 e. The van der Waals surface area contributed by atoms with Crippen molar-refractivity contribution in [3.63, 3.8) is 0 Å². The molecular weight excluding hydrogens is 226 g/mol. The van der Waals surface area contributed by atoms with Gasteiger partial charge in [-0.2, -0.15) is 0 Å². The topological polar surface area (TPSA) is 38.5 Å². The lowest BCUT2D eigenvalue weighted by molar-refractivity contribution is 0.116. The molecule has 94 valence electrons. The quantitative estimate of drug-likeness (QED) is 0.878. The number of hydrogen-bond donors (Lipinski definition) is 1. The maximum absolute atomic E-state index is 12.4. The second kappa shape index (κ2) is 5.42. The molecule has 1 unspecified atom stereocenters. The SMILES string of the molecule is NC(c1ccc(N2CCOCC2)cc1)C(F)F. The average molecular weight is 242 g/mol. The largest absolute Gasteiger partial charge is 0.378 e. The molecule has 0 aliphatic carbocycles. The van der Waals surface area contributed by atoms with E-state index in [1.165, 1.54) is 0 Å². The van der Waals surface area contributed by atoms with Crippen LogP contribution in [0.15, 0.2) is 24.3 Å². The molecule has 0 saturated carbocycles. The lowest BCUT2D eigenvalue weighted by Gasteiger charge is -2.29. The van der Waals surface area contributed by atoms with Gasteiger partial charge in [0.2, 0.25) is 0 Å². The van der Waals surface area contributed by atoms with Gasteiger partial charge >= 0.3 is 0 Å². The normalized spacial score (nSPS) is 18.5. The van der Waals surface area contributed by atoms with Crippen molar-refractivity contribution >= 4 is 5.69 Å². The molecule has 1 saturated heterocycles. The van der Waals surface area contributed by atoms with Gasteiger partial charge in [0.1, 0.15) is 0 Å². The van der Waals surface area contributed by atoms with E-state index in [1.807, 2.05) is 12.1 Å². The molecule has 1 fully saturated rings. The number of anilines is 1. The third-order valence-corrected chi connectivity index (χ3v) is 2.93. The highest BCUT2D eigenvalue weighted by molar-refractivity contribution is 5.48. The van der Waals surface area contributed by atoms with Gasteiger partial charge in [-0.05, 0) is 17.7 Å². The Morgan fingerprint density at radius 1 is 1.12 bits per heavy atom. The fourth-order valence-corrected chi connectivity index (χ4v) is 1.87. The van der Waals surface area contributed by atoms with E-state index in [-0.39, 0.29) is 0 Å². The second-order valence-electron chi connectivity index (χ2n) is 4.05. The Bertz CT molecular complexity index is 350. The number of hydrogen-bond acceptors (Lipinski definition) is 3. The minimum Gasteiger partial charge on any atom is -0.378 e. The first kappa shape index (κ1) is 12.3. The lowest BCUT2D eigenvalue weighted by Crippen LogP contribution is -2.36. The molecule has 5 heteroatoms. The van der Waals surface area contributed by atoms with Crippen LogP contribution in [0.5, 0.6) is 0 Å². The van der Waals surface area contributed by atoms with Crippen molar-refractivity contribution in [2.45, 2.75) is 12.5 Å². The first-order chi connectivity index (χ1) is 8.18. The Hall–Kier alpha value is -1.20. The van der Waals surface area contributed by atoms with Gasteiger partial charge in [0.15, 0.2) is 0 Å². The summed E-state index contributed by atoms with van der Waals surface area (Å²) in [5, 5.41) is 0. The monoisotopic (exact) mass is 242 g/mol. The van der Waals surface area contributed by atoms with Crippen LogP contribution in [0.4, 0.5) is 14.5 Å². The van der Waals surface area contributed by atoms with Gasteiger partial charge in [0, 0.05) is 18.8 Å². The number of rotatable bonds is 3. The Kier molecular flexibility index (Phi) is 3.91. The first-order valence-corrected chi connectivity index (χ1v) is 5.65. The second-order valence-corrected chi connectivity index (χ2v) is 4.05. The van der Waals surface area contributed by atoms with Crippen molar-refractivity contribution in [3.05, 3.63) is 29.8 Å². The van der Waals surface area contributed by atoms with Crippen LogP contribution in [0.25, 0.3) is 0 Å². The van der Waals surface area contributed by atoms with Crippen molar-refractivity contribution in [1.29, 1.82) is 0 Å². The highest BCUT2D eigenvalue weighted by Gasteiger charge is 2.18. The van der Waals surface area contributed by atoms with E-state index < -0.39 is 12.5 Å². The molecule has 1 aromatic rings. The van der Waals surface area contributed by atoms with Crippen LogP contribution < -0.4 is 10.6 Å². The number of halogens is 2. The zero-order chi connectivity index (χ0) is 12.3. The molecule has 17 heavy (non-hydrogen) atoms. The van der Waals surface area contributed by atoms with E-state index in [9.17, 15) is 8.78 Å². The molecule has 2 rings (SSSR count). The van der Waals surface area contributed by atoms with E-state index in [1.54, 1.807) is 12.1 Å². The molecule has 0 spiro atoms. The summed E-state index contributed by atoms with van der Waals surface area (Å²) in [6.45, 7) is 3.08. The maximum atomic E-state index is 12.4. The van der Waals surface area contributed by atoms with Crippen LogP contribution in [0.3, 0.4) is 0 Å². The lowest BCUT2D eigenvalue weighted by atomic mass is 10.1. The van der Waals surface area contributed by atoms with Crippen LogP contribution in [-0.2, 0) is 4.74 Å². The standard InChI is InChI=1S/C12H16F2N2O/c13-12(14)11(15)9-1-3-10(4-2-9)16-5-7-17-8-6-16/h1-4,11-12H,5-8,15H2. The summed E-state index contributed by atoms with van der Waals surface area (Å²) in [6.07, 6.45) is -2.52. The molecule has 0 radical (unpaired) electrons. The van der Waals surface area contributed by atoms with Crippen molar-refractivity contribution in [2.24, 2.45) is 5.73 Å². The van der Waals surface area contributed by atoms with Crippen molar-refractivity contribution < 1.29 is 13.5 Å². The Labute approximate surface area is 99.2 Å². The van der Waals surface area contributed by atoms with Crippen LogP contribution in [-0.4, -0.2) is 32.7 Å². The van der Waals surface area contributed by atoms with Gasteiger partial charge in [-0.3, -0.25) is 0 Å². The number of nitrogens with two attached hydrogens (primary N) is 1. The van der Waals surface area contributed by atoms with E-state index in [0.717, 1.165) is 18.8 Å². The predicted octanol–water partition coefficient (Wildman–Crippen LogP) is 1.79. The summed E-state index contributed by atoms with van der Waals surface area (Å²) in [5.74, 6) is 0. The molecule has 0 amide bonds. The van der Waals surface area contributed by atoms with Gasteiger partial charge in [0.25, 0.3) is 6.43 Å². The molecule has 0 aromatic heterocycles. The van der Waals surface area contributed by atoms with E-state index >= 15 is 0 Å². The molecule has 1 heterocycles. The van der Waals surface area contributed by atoms with Gasteiger partial charge in [0.05, 0.1) is 19.3 Å². The molecular formula is C12H16F2N2O. The summed E-state index contributed by atoms with van der Waals surface area (Å²) in [7, 11) is 0. The molecule has 3 nitrogen and oxygen atoms in total. The van der Waals surface area contributed by atoms with Crippen molar-refractivity contribution in [3.8, 4) is 0 Å². The van der Waals surface area contributed by atoms with E-state index in [2.05, 4.69) is 4.90 Å². The summed E-state index contributed by atoms with van der Waals surface area (Å²) in [4.78, 5) is 2.17. The molecule has 1 atom stereocenters. The Balaban J connectivity index is 2.06. The highest BCUT2D eigenvalue weighted by atomic mass is 19.3. The van der Waals surface area contributed by atoms with E-state index in [0.29, 0.717) is 18.8 Å². The third kappa shape index (κ3) is 2.92. The summed E-state index contributed by atoms with van der Waals surface area (Å²) in [6, 6.07) is 5.81. The molecule has 1 aromatic carbocycles. The number of alkyl halides is 2. The zero-order valence-electron chi connectivity index (χ0n) is 9.48. The highest BCUT2D eigenvalue weighted by Crippen LogP contribution is 2.22. The van der Waals surface area contributed by atoms with Crippen molar-refractivity contribution in [2.75, 3.05) is 31.2 Å². The minimum absolute atomic E-state index is 0.469. The fraction of sp³-hybridized carbons (Fsp3) is 0.500. The van der Waals surface area contributed by atoms with Crippen LogP contribution in [0.2, 0.25) is 0 Å². The predicted molar refractivity (Wildman–Crippen MR) is 62.4 cm³/mol. The number of benzene rings is 1. The first-order valence-electron chi connectivity index (χ1n) is 5.65. The Morgan fingerprint density at radius 3 is 2.24 bits per heavy atom. The third-order valence-electron chi connectivity index (χ3n) is 2.93. The minimum atomic E-state index is -2.52. The summed E-state index contributed by atoms with van der Waals surface area (Å²) < 4.78 is 30.1. The molecule has 1 aliphatic rings. The van der Waals surface area contributed by atoms with Crippen molar-refractivity contribution in [1.82, 2.24) is 0 Å². The summed E-state index contributed by atoms with van der Waals surface area (Å²) in [5.41, 5.74) is 6.88. The van der Waals surface area contributed by atoms with Gasteiger partial charge in [-0.1, -0.05) is 12.1 Å². The Morgan fingerprint density at radius 2 is 1.71 bits per heavy atom. The zero-order valence-corrected chi connectivity index (χ0v) is 9.48. The molecule has 2 N–H and O–H groups in total. The van der Waals surface area contributed by atoms with Gasteiger partial charge in [-0.25, -0.2) is 8.78 Å². The van der Waals surface area contributed by atoms with Crippen LogP contribution in [0.1, 0.15) is 11.6 Å². The van der Waals surface area contributed by atoms with Crippen LogP contribution >= 0.6 is 0 Å². The van der Waals surface area contributed by atoms with Gasteiger partial charge in [-0.15, -0.1) is 0 Å².